The van der Waals surface area contributed by atoms with E-state index in [2.05, 4.69) is 0 Å². The van der Waals surface area contributed by atoms with Gasteiger partial charge in [-0.25, -0.2) is 0 Å². The molecule has 1 aliphatic rings. The molecule has 2 N–H and O–H groups in total. The maximum atomic E-state index is 5.66. The molecule has 0 aliphatic heterocycles. The average molecular weight is 213 g/mol. The molecule has 1 rings (SSSR count). The monoisotopic (exact) mass is 211 g/mol. The first kappa shape index (κ1) is 9.40. The second kappa shape index (κ2) is 3.36. The molecule has 4 heteroatoms. The summed E-state index contributed by atoms with van der Waals surface area (Å²) in [5.41, 5.74) is 5.66. The lowest BCUT2D eigenvalue weighted by molar-refractivity contribution is 0.598. The van der Waals surface area contributed by atoms with Crippen molar-refractivity contribution >= 4 is 34.8 Å². The largest absolute Gasteiger partial charge is 0.323 e. The van der Waals surface area contributed by atoms with Crippen LogP contribution < -0.4 is 5.73 Å². The van der Waals surface area contributed by atoms with Gasteiger partial charge in [0.1, 0.15) is 0 Å². The van der Waals surface area contributed by atoms with Crippen LogP contribution in [-0.4, -0.2) is 9.83 Å². The zero-order chi connectivity index (χ0) is 8.48. The summed E-state index contributed by atoms with van der Waals surface area (Å²) < 4.78 is -1.39. The van der Waals surface area contributed by atoms with Crippen LogP contribution in [0.5, 0.6) is 0 Å². The Kier molecular flexibility index (Phi) is 2.87. The summed E-state index contributed by atoms with van der Waals surface area (Å²) in [6.45, 7) is 0. The Hall–Kier alpha value is 0.310. The van der Waals surface area contributed by atoms with Crippen molar-refractivity contribution < 1.29 is 0 Å². The van der Waals surface area contributed by atoms with Crippen LogP contribution in [0.3, 0.4) is 0 Å². The van der Waals surface area contributed by atoms with Gasteiger partial charge in [0.2, 0.25) is 3.79 Å². The van der Waals surface area contributed by atoms with Crippen LogP contribution in [0.4, 0.5) is 0 Å². The first-order chi connectivity index (χ1) is 5.02. The molecular formula is C7H8Cl3N. The highest BCUT2D eigenvalue weighted by Gasteiger charge is 2.33. The number of rotatable bonds is 1. The van der Waals surface area contributed by atoms with E-state index in [0.717, 1.165) is 0 Å². The molecule has 62 valence electrons. The van der Waals surface area contributed by atoms with Gasteiger partial charge in [0.25, 0.3) is 0 Å². The molecule has 0 fully saturated rings. The molecule has 0 saturated carbocycles. The molecule has 0 aromatic carbocycles. The van der Waals surface area contributed by atoms with Crippen molar-refractivity contribution in [1.29, 1.82) is 0 Å². The Morgan fingerprint density at radius 1 is 1.18 bits per heavy atom. The van der Waals surface area contributed by atoms with E-state index < -0.39 is 9.83 Å². The van der Waals surface area contributed by atoms with Gasteiger partial charge in [-0.3, -0.25) is 0 Å². The highest BCUT2D eigenvalue weighted by atomic mass is 35.6. The molecule has 11 heavy (non-hydrogen) atoms. The summed E-state index contributed by atoms with van der Waals surface area (Å²) in [5, 5.41) is 0. The first-order valence-electron chi connectivity index (χ1n) is 3.19. The number of alkyl halides is 3. The Balaban J connectivity index is 2.61. The third-order valence-corrected chi connectivity index (χ3v) is 2.33. The predicted octanol–water partition coefficient (Wildman–Crippen LogP) is 2.43. The summed E-state index contributed by atoms with van der Waals surface area (Å²) in [6, 6.07) is -0.470. The quantitative estimate of drug-likeness (QED) is 0.664. The van der Waals surface area contributed by atoms with Gasteiger partial charge in [-0.1, -0.05) is 59.1 Å². The smallest absolute Gasteiger partial charge is 0.206 e. The number of halogens is 3. The van der Waals surface area contributed by atoms with Gasteiger partial charge in [-0.15, -0.1) is 0 Å². The minimum atomic E-state index is -1.39. The van der Waals surface area contributed by atoms with Gasteiger partial charge in [-0.05, 0) is 0 Å². The third-order valence-electron chi connectivity index (χ3n) is 1.57. The topological polar surface area (TPSA) is 26.0 Å². The molecule has 0 amide bonds. The molecular weight excluding hydrogens is 204 g/mol. The molecule has 0 unspecified atom stereocenters. The Morgan fingerprint density at radius 3 is 2.00 bits per heavy atom. The Morgan fingerprint density at radius 2 is 1.64 bits per heavy atom. The van der Waals surface area contributed by atoms with Crippen molar-refractivity contribution in [1.82, 2.24) is 0 Å². The average Bonchev–Trinajstić information content (AvgIpc) is 2.34. The van der Waals surface area contributed by atoms with Crippen LogP contribution in [0, 0.1) is 5.92 Å². The minimum absolute atomic E-state index is 0.0440. The summed E-state index contributed by atoms with van der Waals surface area (Å²) in [5.74, 6) is 0.0440. The molecule has 1 aliphatic carbocycles. The molecule has 1 nitrogen and oxygen atoms in total. The molecule has 1 atom stereocenters. The Labute approximate surface area is 80.8 Å². The number of allylic oxidation sites excluding steroid dienone is 2. The molecule has 0 radical (unpaired) electrons. The number of nitrogens with two attached hydrogens (primary N) is 1. The van der Waals surface area contributed by atoms with E-state index in [0.29, 0.717) is 0 Å². The Bertz CT molecular complexity index is 180. The van der Waals surface area contributed by atoms with E-state index in [1.165, 1.54) is 0 Å². The van der Waals surface area contributed by atoms with Crippen molar-refractivity contribution in [2.24, 2.45) is 11.7 Å². The van der Waals surface area contributed by atoms with E-state index in [9.17, 15) is 0 Å². The SMILES string of the molecule is N[C@H](C1C=CC=C1)C(Cl)(Cl)Cl. The zero-order valence-corrected chi connectivity index (χ0v) is 7.94. The molecule has 0 bridgehead atoms. The molecule has 0 aromatic rings. The maximum Gasteiger partial charge on any atom is 0.206 e. The van der Waals surface area contributed by atoms with E-state index in [1.54, 1.807) is 0 Å². The van der Waals surface area contributed by atoms with Gasteiger partial charge in [0, 0.05) is 5.92 Å². The van der Waals surface area contributed by atoms with Crippen molar-refractivity contribution in [3.05, 3.63) is 24.3 Å². The van der Waals surface area contributed by atoms with Crippen LogP contribution in [-0.2, 0) is 0 Å². The lowest BCUT2D eigenvalue weighted by Gasteiger charge is -2.23. The lowest BCUT2D eigenvalue weighted by Crippen LogP contribution is -2.39. The highest BCUT2D eigenvalue weighted by molar-refractivity contribution is 6.68. The van der Waals surface area contributed by atoms with Crippen LogP contribution in [0.25, 0.3) is 0 Å². The number of hydrogen-bond acceptors (Lipinski definition) is 1. The number of hydrogen-bond donors (Lipinski definition) is 1. The van der Waals surface area contributed by atoms with Gasteiger partial charge in [0.05, 0.1) is 6.04 Å². The molecule has 0 heterocycles. The van der Waals surface area contributed by atoms with Gasteiger partial charge in [0.15, 0.2) is 0 Å². The van der Waals surface area contributed by atoms with Crippen molar-refractivity contribution in [2.75, 3.05) is 0 Å². The van der Waals surface area contributed by atoms with Crippen molar-refractivity contribution in [3.8, 4) is 0 Å². The van der Waals surface area contributed by atoms with E-state index in [4.69, 9.17) is 40.5 Å². The molecule has 0 spiro atoms. The van der Waals surface area contributed by atoms with Crippen molar-refractivity contribution in [2.45, 2.75) is 9.83 Å². The van der Waals surface area contributed by atoms with Crippen LogP contribution in [0.15, 0.2) is 24.3 Å². The van der Waals surface area contributed by atoms with Gasteiger partial charge >= 0.3 is 0 Å². The van der Waals surface area contributed by atoms with Gasteiger partial charge in [-0.2, -0.15) is 0 Å². The fourth-order valence-electron chi connectivity index (χ4n) is 0.907. The van der Waals surface area contributed by atoms with E-state index in [1.807, 2.05) is 24.3 Å². The fraction of sp³-hybridized carbons (Fsp3) is 0.429. The summed E-state index contributed by atoms with van der Waals surface area (Å²) in [4.78, 5) is 0. The highest BCUT2D eigenvalue weighted by Crippen LogP contribution is 2.34. The minimum Gasteiger partial charge on any atom is -0.323 e. The van der Waals surface area contributed by atoms with Gasteiger partial charge < -0.3 is 5.73 Å². The third kappa shape index (κ3) is 2.38. The summed E-state index contributed by atoms with van der Waals surface area (Å²) >= 11 is 16.8. The first-order valence-corrected chi connectivity index (χ1v) is 4.32. The summed E-state index contributed by atoms with van der Waals surface area (Å²) in [7, 11) is 0. The normalized spacial score (nSPS) is 21.1. The predicted molar refractivity (Wildman–Crippen MR) is 50.0 cm³/mol. The molecule has 0 aromatic heterocycles. The maximum absolute atomic E-state index is 5.66. The van der Waals surface area contributed by atoms with Crippen LogP contribution in [0.1, 0.15) is 0 Å². The fourth-order valence-corrected chi connectivity index (χ4v) is 1.34. The van der Waals surface area contributed by atoms with Crippen molar-refractivity contribution in [3.63, 3.8) is 0 Å². The zero-order valence-electron chi connectivity index (χ0n) is 5.68. The standard InChI is InChI=1S/C7H8Cl3N/c8-7(9,10)6(11)5-3-1-2-4-5/h1-6H,11H2/t6-/m1/s1. The second-order valence-corrected chi connectivity index (χ2v) is 4.78. The molecule has 0 saturated heterocycles. The van der Waals surface area contributed by atoms with E-state index in [-0.39, 0.29) is 5.92 Å². The van der Waals surface area contributed by atoms with Crippen LogP contribution in [0.2, 0.25) is 0 Å². The summed E-state index contributed by atoms with van der Waals surface area (Å²) in [6.07, 6.45) is 7.60. The second-order valence-electron chi connectivity index (χ2n) is 2.41. The van der Waals surface area contributed by atoms with E-state index >= 15 is 0 Å². The van der Waals surface area contributed by atoms with Crippen LogP contribution >= 0.6 is 34.8 Å². The lowest BCUT2D eigenvalue weighted by atomic mass is 10.0.